The van der Waals surface area contributed by atoms with Crippen LogP contribution in [0.5, 0.6) is 0 Å². The number of halogens is 1. The zero-order valence-corrected chi connectivity index (χ0v) is 10.1. The molecule has 0 bridgehead atoms. The SMILES string of the molecule is Nc1cc(F)c(NC2CCC(=O)NC2)cc1C(=O)O. The van der Waals surface area contributed by atoms with Gasteiger partial charge in [0.25, 0.3) is 0 Å². The molecule has 1 unspecified atom stereocenters. The van der Waals surface area contributed by atoms with Crippen LogP contribution in [0.2, 0.25) is 0 Å². The average molecular weight is 267 g/mol. The molecular formula is C12H14FN3O3. The zero-order chi connectivity index (χ0) is 14.0. The van der Waals surface area contributed by atoms with Crippen LogP contribution in [0.1, 0.15) is 23.2 Å². The van der Waals surface area contributed by atoms with Gasteiger partial charge in [0.05, 0.1) is 11.3 Å². The number of hydrogen-bond donors (Lipinski definition) is 4. The number of rotatable bonds is 3. The van der Waals surface area contributed by atoms with Crippen molar-refractivity contribution >= 4 is 23.3 Å². The van der Waals surface area contributed by atoms with E-state index >= 15 is 0 Å². The number of anilines is 2. The predicted octanol–water partition coefficient (Wildman–Crippen LogP) is 0.797. The van der Waals surface area contributed by atoms with Crippen LogP contribution in [0.15, 0.2) is 12.1 Å². The molecule has 0 aromatic heterocycles. The van der Waals surface area contributed by atoms with Crippen LogP contribution in [-0.4, -0.2) is 29.6 Å². The summed E-state index contributed by atoms with van der Waals surface area (Å²) in [6, 6.07) is 2.02. The highest BCUT2D eigenvalue weighted by molar-refractivity contribution is 5.94. The highest BCUT2D eigenvalue weighted by Gasteiger charge is 2.20. The number of hydrogen-bond acceptors (Lipinski definition) is 4. The lowest BCUT2D eigenvalue weighted by Gasteiger charge is -2.25. The van der Waals surface area contributed by atoms with Gasteiger partial charge in [0.15, 0.2) is 0 Å². The normalized spacial score (nSPS) is 18.8. The number of carboxylic acid groups (broad SMARTS) is 1. The van der Waals surface area contributed by atoms with Crippen molar-refractivity contribution in [2.75, 3.05) is 17.6 Å². The van der Waals surface area contributed by atoms with Crippen molar-refractivity contribution in [3.8, 4) is 0 Å². The molecule has 0 spiro atoms. The number of carbonyl (C=O) groups is 2. The summed E-state index contributed by atoms with van der Waals surface area (Å²) < 4.78 is 13.7. The first kappa shape index (κ1) is 13.1. The fourth-order valence-corrected chi connectivity index (χ4v) is 1.96. The Morgan fingerprint density at radius 1 is 1.53 bits per heavy atom. The minimum Gasteiger partial charge on any atom is -0.478 e. The van der Waals surface area contributed by atoms with Crippen LogP contribution < -0.4 is 16.4 Å². The van der Waals surface area contributed by atoms with E-state index in [1.807, 2.05) is 0 Å². The van der Waals surface area contributed by atoms with E-state index < -0.39 is 11.8 Å². The average Bonchev–Trinajstić information content (AvgIpc) is 2.34. The van der Waals surface area contributed by atoms with Crippen LogP contribution in [0.3, 0.4) is 0 Å². The fraction of sp³-hybridized carbons (Fsp3) is 0.333. The van der Waals surface area contributed by atoms with Crippen LogP contribution in [0.25, 0.3) is 0 Å². The molecule has 0 saturated carbocycles. The Labute approximate surface area is 108 Å². The first-order chi connectivity index (χ1) is 8.97. The maximum absolute atomic E-state index is 13.7. The summed E-state index contributed by atoms with van der Waals surface area (Å²) >= 11 is 0. The van der Waals surface area contributed by atoms with Gasteiger partial charge in [0, 0.05) is 24.7 Å². The second-order valence-corrected chi connectivity index (χ2v) is 4.41. The molecule has 1 aromatic rings. The molecule has 1 saturated heterocycles. The number of aromatic carboxylic acids is 1. The summed E-state index contributed by atoms with van der Waals surface area (Å²) in [6.07, 6.45) is 0.929. The van der Waals surface area contributed by atoms with Crippen molar-refractivity contribution < 1.29 is 19.1 Å². The van der Waals surface area contributed by atoms with Crippen molar-refractivity contribution in [1.82, 2.24) is 5.32 Å². The van der Waals surface area contributed by atoms with Gasteiger partial charge in [-0.1, -0.05) is 0 Å². The summed E-state index contributed by atoms with van der Waals surface area (Å²) in [4.78, 5) is 21.9. The number of amides is 1. The van der Waals surface area contributed by atoms with Crippen LogP contribution in [0, 0.1) is 5.82 Å². The van der Waals surface area contributed by atoms with Crippen LogP contribution >= 0.6 is 0 Å². The second-order valence-electron chi connectivity index (χ2n) is 4.41. The molecule has 102 valence electrons. The third-order valence-electron chi connectivity index (χ3n) is 2.99. The van der Waals surface area contributed by atoms with Gasteiger partial charge < -0.3 is 21.5 Å². The molecule has 5 N–H and O–H groups in total. The maximum Gasteiger partial charge on any atom is 0.337 e. The molecule has 1 aliphatic heterocycles. The Morgan fingerprint density at radius 2 is 2.26 bits per heavy atom. The van der Waals surface area contributed by atoms with Gasteiger partial charge in [-0.3, -0.25) is 4.79 Å². The Balaban J connectivity index is 2.18. The number of nitrogens with two attached hydrogens (primary N) is 1. The summed E-state index contributed by atoms with van der Waals surface area (Å²) in [5, 5.41) is 14.5. The molecule has 1 heterocycles. The molecule has 0 radical (unpaired) electrons. The lowest BCUT2D eigenvalue weighted by atomic mass is 10.1. The maximum atomic E-state index is 13.7. The summed E-state index contributed by atoms with van der Waals surface area (Å²) in [6.45, 7) is 0.380. The Hall–Kier alpha value is -2.31. The van der Waals surface area contributed by atoms with E-state index in [-0.39, 0.29) is 28.9 Å². The van der Waals surface area contributed by atoms with Crippen molar-refractivity contribution in [3.63, 3.8) is 0 Å². The van der Waals surface area contributed by atoms with Crippen LogP contribution in [0.4, 0.5) is 15.8 Å². The van der Waals surface area contributed by atoms with Gasteiger partial charge in [-0.15, -0.1) is 0 Å². The zero-order valence-electron chi connectivity index (χ0n) is 10.1. The lowest BCUT2D eigenvalue weighted by molar-refractivity contribution is -0.122. The Bertz CT molecular complexity index is 523. The Morgan fingerprint density at radius 3 is 2.84 bits per heavy atom. The summed E-state index contributed by atoms with van der Waals surface area (Å²) in [5.74, 6) is -1.86. The van der Waals surface area contributed by atoms with Gasteiger partial charge in [-0.05, 0) is 18.6 Å². The first-order valence-electron chi connectivity index (χ1n) is 5.83. The van der Waals surface area contributed by atoms with E-state index in [1.165, 1.54) is 6.07 Å². The molecular weight excluding hydrogens is 253 g/mol. The number of carbonyl (C=O) groups excluding carboxylic acids is 1. The van der Waals surface area contributed by atoms with E-state index in [0.717, 1.165) is 6.07 Å². The number of nitrogen functional groups attached to an aromatic ring is 1. The van der Waals surface area contributed by atoms with E-state index in [0.29, 0.717) is 19.4 Å². The molecule has 19 heavy (non-hydrogen) atoms. The topological polar surface area (TPSA) is 104 Å². The van der Waals surface area contributed by atoms with E-state index in [1.54, 1.807) is 0 Å². The molecule has 1 fully saturated rings. The molecule has 6 nitrogen and oxygen atoms in total. The molecule has 1 aliphatic rings. The van der Waals surface area contributed by atoms with E-state index in [4.69, 9.17) is 10.8 Å². The number of nitrogens with one attached hydrogen (secondary N) is 2. The third kappa shape index (κ3) is 2.93. The predicted molar refractivity (Wildman–Crippen MR) is 67.4 cm³/mol. The van der Waals surface area contributed by atoms with Gasteiger partial charge in [-0.2, -0.15) is 0 Å². The van der Waals surface area contributed by atoms with Gasteiger partial charge in [0.1, 0.15) is 5.82 Å². The molecule has 0 aliphatic carbocycles. The van der Waals surface area contributed by atoms with Crippen molar-refractivity contribution in [2.45, 2.75) is 18.9 Å². The van der Waals surface area contributed by atoms with Crippen molar-refractivity contribution in [2.24, 2.45) is 0 Å². The molecule has 2 rings (SSSR count). The highest BCUT2D eigenvalue weighted by Crippen LogP contribution is 2.23. The smallest absolute Gasteiger partial charge is 0.337 e. The number of piperidine rings is 1. The minimum atomic E-state index is -1.21. The molecule has 7 heteroatoms. The fourth-order valence-electron chi connectivity index (χ4n) is 1.96. The molecule has 1 amide bonds. The van der Waals surface area contributed by atoms with Crippen LogP contribution in [-0.2, 0) is 4.79 Å². The van der Waals surface area contributed by atoms with Crippen molar-refractivity contribution in [3.05, 3.63) is 23.5 Å². The number of carboxylic acids is 1. The quantitative estimate of drug-likeness (QED) is 0.606. The first-order valence-corrected chi connectivity index (χ1v) is 5.83. The third-order valence-corrected chi connectivity index (χ3v) is 2.99. The molecule has 1 aromatic carbocycles. The monoisotopic (exact) mass is 267 g/mol. The molecule has 1 atom stereocenters. The highest BCUT2D eigenvalue weighted by atomic mass is 19.1. The van der Waals surface area contributed by atoms with E-state index in [9.17, 15) is 14.0 Å². The lowest BCUT2D eigenvalue weighted by Crippen LogP contribution is -2.42. The second kappa shape index (κ2) is 5.13. The van der Waals surface area contributed by atoms with Crippen molar-refractivity contribution in [1.29, 1.82) is 0 Å². The van der Waals surface area contributed by atoms with Gasteiger partial charge in [-0.25, -0.2) is 9.18 Å². The minimum absolute atomic E-state index is 0.0398. The van der Waals surface area contributed by atoms with Gasteiger partial charge >= 0.3 is 5.97 Å². The van der Waals surface area contributed by atoms with E-state index in [2.05, 4.69) is 10.6 Å². The Kier molecular flexibility index (Phi) is 3.55. The summed E-state index contributed by atoms with van der Waals surface area (Å²) in [5.41, 5.74) is 5.25. The standard InChI is InChI=1S/C12H14FN3O3/c13-8-4-9(14)7(12(18)19)3-10(8)16-6-1-2-11(17)15-5-6/h3-4,6,16H,1-2,5,14H2,(H,15,17)(H,18,19). The summed E-state index contributed by atoms with van der Waals surface area (Å²) in [7, 11) is 0. The largest absolute Gasteiger partial charge is 0.478 e. The number of benzene rings is 1. The van der Waals surface area contributed by atoms with Gasteiger partial charge in [0.2, 0.25) is 5.91 Å².